The van der Waals surface area contributed by atoms with E-state index in [1.807, 2.05) is 13.0 Å². The Morgan fingerprint density at radius 3 is 2.73 bits per heavy atom. The molecule has 10 nitrogen and oxygen atoms in total. The molecule has 0 bridgehead atoms. The number of carbonyl (C=O) groups excluding carboxylic acids is 2. The molecule has 2 aromatic heterocycles. The van der Waals surface area contributed by atoms with Crippen LogP contribution in [-0.2, 0) is 9.53 Å². The fourth-order valence-electron chi connectivity index (χ4n) is 3.66. The number of amides is 2. The molecule has 154 valence electrons. The lowest BCUT2D eigenvalue weighted by atomic mass is 10.1. The Bertz CT molecular complexity index is 1120. The molecular formula is C20H20N6O4. The number of hydrogen-bond acceptors (Lipinski definition) is 7. The molecule has 5 rings (SSSR count). The molecule has 3 aromatic rings. The summed E-state index contributed by atoms with van der Waals surface area (Å²) in [5.41, 5.74) is 1.39. The quantitative estimate of drug-likeness (QED) is 0.615. The summed E-state index contributed by atoms with van der Waals surface area (Å²) in [7, 11) is 0. The van der Waals surface area contributed by atoms with Crippen LogP contribution in [0, 0.1) is 6.92 Å². The molecule has 10 heteroatoms. The molecule has 0 N–H and O–H groups in total. The Morgan fingerprint density at radius 2 is 1.93 bits per heavy atom. The second-order valence-electron chi connectivity index (χ2n) is 7.16. The number of para-hydroxylation sites is 2. The van der Waals surface area contributed by atoms with E-state index in [1.165, 1.54) is 9.42 Å². The van der Waals surface area contributed by atoms with E-state index >= 15 is 0 Å². The van der Waals surface area contributed by atoms with Gasteiger partial charge in [-0.05, 0) is 25.1 Å². The molecule has 0 spiro atoms. The van der Waals surface area contributed by atoms with E-state index in [9.17, 15) is 9.59 Å². The Morgan fingerprint density at radius 1 is 1.13 bits per heavy atom. The van der Waals surface area contributed by atoms with E-state index in [0.717, 1.165) is 5.69 Å². The molecule has 2 amide bonds. The largest absolute Gasteiger partial charge is 0.476 e. The van der Waals surface area contributed by atoms with Gasteiger partial charge in [-0.3, -0.25) is 14.5 Å². The van der Waals surface area contributed by atoms with Gasteiger partial charge in [-0.15, -0.1) is 5.10 Å². The molecular weight excluding hydrogens is 388 g/mol. The zero-order valence-corrected chi connectivity index (χ0v) is 16.4. The molecule has 1 aromatic carbocycles. The topological polar surface area (TPSA) is 102 Å². The summed E-state index contributed by atoms with van der Waals surface area (Å²) in [6.07, 6.45) is 0.813. The molecule has 30 heavy (non-hydrogen) atoms. The highest BCUT2D eigenvalue weighted by molar-refractivity contribution is 6.05. The summed E-state index contributed by atoms with van der Waals surface area (Å²) in [6.45, 7) is 3.94. The van der Waals surface area contributed by atoms with Crippen molar-refractivity contribution >= 4 is 23.3 Å². The van der Waals surface area contributed by atoms with Crippen LogP contribution in [0.3, 0.4) is 0 Å². The Balaban J connectivity index is 1.48. The lowest BCUT2D eigenvalue weighted by Crippen LogP contribution is -2.54. The standard InChI is InChI=1S/C20H20N6O4/c1-13-6-7-21-20-22-17(23-26(13)20)19(28)25-12-16(18(27)24-8-10-29-11-9-24)30-15-5-3-2-4-14(15)25/h2-7,16H,8-12H2,1H3. The lowest BCUT2D eigenvalue weighted by Gasteiger charge is -2.36. The van der Waals surface area contributed by atoms with Crippen molar-refractivity contribution < 1.29 is 19.1 Å². The third kappa shape index (κ3) is 3.14. The number of ether oxygens (including phenoxy) is 2. The Kier molecular flexibility index (Phi) is 4.55. The SMILES string of the molecule is Cc1ccnc2nc(C(=O)N3CC(C(=O)N4CCOCC4)Oc4ccccc43)nn12. The molecule has 1 fully saturated rings. The summed E-state index contributed by atoms with van der Waals surface area (Å²) in [5.74, 6) is 0.273. The van der Waals surface area contributed by atoms with Crippen molar-refractivity contribution in [3.8, 4) is 5.75 Å². The zero-order valence-electron chi connectivity index (χ0n) is 16.4. The van der Waals surface area contributed by atoms with Crippen molar-refractivity contribution in [3.05, 3.63) is 48.0 Å². The summed E-state index contributed by atoms with van der Waals surface area (Å²) in [6, 6.07) is 8.94. The van der Waals surface area contributed by atoms with Crippen molar-refractivity contribution in [3.63, 3.8) is 0 Å². The molecule has 1 atom stereocenters. The number of carbonyl (C=O) groups is 2. The maximum atomic E-state index is 13.3. The molecule has 2 aliphatic rings. The first-order valence-electron chi connectivity index (χ1n) is 9.74. The average molecular weight is 408 g/mol. The molecule has 0 aliphatic carbocycles. The molecule has 1 unspecified atom stereocenters. The third-order valence-electron chi connectivity index (χ3n) is 5.24. The van der Waals surface area contributed by atoms with Crippen molar-refractivity contribution in [2.45, 2.75) is 13.0 Å². The van der Waals surface area contributed by atoms with Crippen LogP contribution in [0.4, 0.5) is 5.69 Å². The first-order valence-corrected chi connectivity index (χ1v) is 9.74. The Labute approximate surface area is 172 Å². The van der Waals surface area contributed by atoms with Gasteiger partial charge in [0.25, 0.3) is 17.6 Å². The average Bonchev–Trinajstić information content (AvgIpc) is 3.24. The van der Waals surface area contributed by atoms with Crippen LogP contribution in [0.25, 0.3) is 5.78 Å². The minimum Gasteiger partial charge on any atom is -0.476 e. The number of nitrogens with zero attached hydrogens (tertiary/aromatic N) is 6. The van der Waals surface area contributed by atoms with Crippen molar-refractivity contribution in [2.24, 2.45) is 0 Å². The summed E-state index contributed by atoms with van der Waals surface area (Å²) >= 11 is 0. The van der Waals surface area contributed by atoms with E-state index in [-0.39, 0.29) is 18.3 Å². The predicted octanol–water partition coefficient (Wildman–Crippen LogP) is 0.699. The molecule has 4 heterocycles. The van der Waals surface area contributed by atoms with Crippen LogP contribution >= 0.6 is 0 Å². The normalized spacial score (nSPS) is 18.8. The number of aromatic nitrogens is 4. The highest BCUT2D eigenvalue weighted by atomic mass is 16.5. The predicted molar refractivity (Wildman–Crippen MR) is 105 cm³/mol. The molecule has 1 saturated heterocycles. The van der Waals surface area contributed by atoms with Crippen LogP contribution in [0.1, 0.15) is 16.3 Å². The number of morpholine rings is 1. The summed E-state index contributed by atoms with van der Waals surface area (Å²) in [4.78, 5) is 38.0. The highest BCUT2D eigenvalue weighted by Gasteiger charge is 2.37. The minimum atomic E-state index is -0.807. The first-order chi connectivity index (χ1) is 14.6. The monoisotopic (exact) mass is 408 g/mol. The van der Waals surface area contributed by atoms with E-state index in [2.05, 4.69) is 15.1 Å². The van der Waals surface area contributed by atoms with Gasteiger partial charge >= 0.3 is 0 Å². The smallest absolute Gasteiger partial charge is 0.298 e. The van der Waals surface area contributed by atoms with Crippen LogP contribution in [-0.4, -0.2) is 75.2 Å². The number of benzene rings is 1. The maximum Gasteiger partial charge on any atom is 0.298 e. The van der Waals surface area contributed by atoms with Crippen LogP contribution in [0.5, 0.6) is 5.75 Å². The van der Waals surface area contributed by atoms with Crippen LogP contribution in [0.15, 0.2) is 36.5 Å². The van der Waals surface area contributed by atoms with Gasteiger partial charge < -0.3 is 14.4 Å². The zero-order chi connectivity index (χ0) is 20.7. The minimum absolute atomic E-state index is 0.0195. The summed E-state index contributed by atoms with van der Waals surface area (Å²) < 4.78 is 12.8. The van der Waals surface area contributed by atoms with Gasteiger partial charge in [-0.25, -0.2) is 9.50 Å². The number of anilines is 1. The Hall–Kier alpha value is -3.53. The molecule has 0 radical (unpaired) electrons. The van der Waals surface area contributed by atoms with Crippen LogP contribution < -0.4 is 9.64 Å². The van der Waals surface area contributed by atoms with Gasteiger partial charge in [0.2, 0.25) is 5.82 Å². The van der Waals surface area contributed by atoms with Crippen molar-refractivity contribution in [1.29, 1.82) is 0 Å². The van der Waals surface area contributed by atoms with Gasteiger partial charge in [-0.1, -0.05) is 12.1 Å². The maximum absolute atomic E-state index is 13.3. The van der Waals surface area contributed by atoms with E-state index in [0.29, 0.717) is 43.5 Å². The van der Waals surface area contributed by atoms with E-state index in [4.69, 9.17) is 9.47 Å². The van der Waals surface area contributed by atoms with Gasteiger partial charge in [0.1, 0.15) is 5.75 Å². The van der Waals surface area contributed by atoms with Crippen LogP contribution in [0.2, 0.25) is 0 Å². The second kappa shape index (κ2) is 7.38. The van der Waals surface area contributed by atoms with Gasteiger partial charge in [0.15, 0.2) is 6.10 Å². The number of fused-ring (bicyclic) bond motifs is 2. The first kappa shape index (κ1) is 18.5. The van der Waals surface area contributed by atoms with Gasteiger partial charge in [0, 0.05) is 25.0 Å². The molecule has 0 saturated carbocycles. The molecule has 2 aliphatic heterocycles. The van der Waals surface area contributed by atoms with Crippen molar-refractivity contribution in [2.75, 3.05) is 37.7 Å². The lowest BCUT2D eigenvalue weighted by molar-refractivity contribution is -0.142. The number of aryl methyl sites for hydroxylation is 1. The number of rotatable bonds is 2. The van der Waals surface area contributed by atoms with Gasteiger partial charge in [0.05, 0.1) is 25.4 Å². The van der Waals surface area contributed by atoms with Gasteiger partial charge in [-0.2, -0.15) is 4.98 Å². The second-order valence-corrected chi connectivity index (χ2v) is 7.16. The fourth-order valence-corrected chi connectivity index (χ4v) is 3.66. The van der Waals surface area contributed by atoms with E-state index in [1.54, 1.807) is 35.4 Å². The summed E-state index contributed by atoms with van der Waals surface area (Å²) in [5, 5.41) is 4.32. The number of hydrogen-bond donors (Lipinski definition) is 0. The third-order valence-corrected chi connectivity index (χ3v) is 5.24. The fraction of sp³-hybridized carbons (Fsp3) is 0.350. The highest BCUT2D eigenvalue weighted by Crippen LogP contribution is 2.34. The van der Waals surface area contributed by atoms with Crippen molar-refractivity contribution in [1.82, 2.24) is 24.5 Å². The van der Waals surface area contributed by atoms with E-state index < -0.39 is 12.0 Å².